The molecule has 96 valence electrons. The maximum absolute atomic E-state index is 5.91. The van der Waals surface area contributed by atoms with Crippen molar-refractivity contribution in [3.05, 3.63) is 22.4 Å². The van der Waals surface area contributed by atoms with Crippen molar-refractivity contribution in [2.45, 2.75) is 51.6 Å². The van der Waals surface area contributed by atoms with E-state index in [4.69, 9.17) is 9.31 Å². The zero-order valence-corrected chi connectivity index (χ0v) is 12.3. The minimum Gasteiger partial charge on any atom is -0.403 e. The van der Waals surface area contributed by atoms with Crippen molar-refractivity contribution in [1.29, 1.82) is 0 Å². The molecule has 18 heavy (non-hydrogen) atoms. The van der Waals surface area contributed by atoms with Crippen LogP contribution in [0.25, 0.3) is 0 Å². The molecule has 0 spiro atoms. The van der Waals surface area contributed by atoms with Gasteiger partial charge in [0.2, 0.25) is 0 Å². The van der Waals surface area contributed by atoms with Gasteiger partial charge in [0.15, 0.2) is 0 Å². The van der Waals surface area contributed by atoms with Gasteiger partial charge in [0.1, 0.15) is 0 Å². The molecule has 4 heteroatoms. The maximum Gasteiger partial charge on any atom is 0.458 e. The first kappa shape index (κ1) is 13.7. The Kier molecular flexibility index (Phi) is 3.86. The third-order valence-electron chi connectivity index (χ3n) is 3.54. The molecule has 0 aromatic carbocycles. The third-order valence-corrected chi connectivity index (χ3v) is 4.33. The van der Waals surface area contributed by atoms with Crippen molar-refractivity contribution >= 4 is 18.5 Å². The van der Waals surface area contributed by atoms with Gasteiger partial charge in [0.05, 0.1) is 16.1 Å². The van der Waals surface area contributed by atoms with E-state index in [1.54, 1.807) is 11.3 Å². The highest BCUT2D eigenvalue weighted by Crippen LogP contribution is 2.37. The molecule has 0 bridgehead atoms. The Hall–Kier alpha value is -0.755. The molecule has 0 unspecified atom stereocenters. The second-order valence-electron chi connectivity index (χ2n) is 5.50. The summed E-state index contributed by atoms with van der Waals surface area (Å²) in [6.07, 6.45) is 1.62. The van der Waals surface area contributed by atoms with Crippen molar-refractivity contribution < 1.29 is 9.31 Å². The van der Waals surface area contributed by atoms with Gasteiger partial charge in [-0.15, -0.1) is 11.3 Å². The van der Waals surface area contributed by atoms with Gasteiger partial charge in [-0.25, -0.2) is 0 Å². The van der Waals surface area contributed by atoms with E-state index in [-0.39, 0.29) is 18.3 Å². The normalized spacial score (nSPS) is 20.6. The molecule has 0 aliphatic carbocycles. The summed E-state index contributed by atoms with van der Waals surface area (Å²) in [6, 6.07) is 4.05. The van der Waals surface area contributed by atoms with Crippen LogP contribution in [0.3, 0.4) is 0 Å². The average molecular weight is 262 g/mol. The lowest BCUT2D eigenvalue weighted by molar-refractivity contribution is 0.00578. The second kappa shape index (κ2) is 5.09. The van der Waals surface area contributed by atoms with Crippen molar-refractivity contribution in [3.8, 4) is 11.8 Å². The number of hydrogen-bond donors (Lipinski definition) is 0. The molecule has 2 heterocycles. The average Bonchev–Trinajstić information content (AvgIpc) is 2.81. The molecule has 1 aliphatic heterocycles. The molecular formula is C14H19BO2S. The van der Waals surface area contributed by atoms with E-state index in [0.29, 0.717) is 0 Å². The van der Waals surface area contributed by atoms with Crippen LogP contribution in [0.4, 0.5) is 0 Å². The molecule has 1 aliphatic rings. The number of thiophene rings is 1. The lowest BCUT2D eigenvalue weighted by Gasteiger charge is -2.32. The molecule has 1 aromatic heterocycles. The third kappa shape index (κ3) is 2.98. The van der Waals surface area contributed by atoms with Crippen LogP contribution in [-0.4, -0.2) is 18.3 Å². The first-order valence-corrected chi connectivity index (χ1v) is 7.17. The molecule has 0 saturated carbocycles. The van der Waals surface area contributed by atoms with Gasteiger partial charge in [0, 0.05) is 6.42 Å². The predicted octanol–water partition coefficient (Wildman–Crippen LogP) is 3.58. The monoisotopic (exact) mass is 262 g/mol. The molecule has 0 N–H and O–H groups in total. The lowest BCUT2D eigenvalue weighted by Crippen LogP contribution is -2.41. The van der Waals surface area contributed by atoms with Crippen LogP contribution in [-0.2, 0) is 9.31 Å². The predicted molar refractivity (Wildman–Crippen MR) is 76.7 cm³/mol. The summed E-state index contributed by atoms with van der Waals surface area (Å²) < 4.78 is 11.8. The van der Waals surface area contributed by atoms with Gasteiger partial charge in [-0.2, -0.15) is 0 Å². The van der Waals surface area contributed by atoms with E-state index in [1.807, 2.05) is 17.5 Å². The maximum atomic E-state index is 5.91. The van der Waals surface area contributed by atoms with Crippen LogP contribution in [0.2, 0.25) is 6.32 Å². The first-order chi connectivity index (χ1) is 8.41. The lowest BCUT2D eigenvalue weighted by atomic mass is 9.83. The minimum absolute atomic E-state index is 0.132. The zero-order valence-electron chi connectivity index (χ0n) is 11.4. The Labute approximate surface area is 114 Å². The summed E-state index contributed by atoms with van der Waals surface area (Å²) in [7, 11) is -0.132. The van der Waals surface area contributed by atoms with Gasteiger partial charge < -0.3 is 9.31 Å². The van der Waals surface area contributed by atoms with Gasteiger partial charge in [0.25, 0.3) is 0 Å². The summed E-state index contributed by atoms with van der Waals surface area (Å²) in [6.45, 7) is 8.29. The number of hydrogen-bond acceptors (Lipinski definition) is 3. The Morgan fingerprint density at radius 2 is 1.89 bits per heavy atom. The van der Waals surface area contributed by atoms with Crippen LogP contribution in [0.5, 0.6) is 0 Å². The van der Waals surface area contributed by atoms with Crippen molar-refractivity contribution in [3.63, 3.8) is 0 Å². The highest BCUT2D eigenvalue weighted by atomic mass is 32.1. The van der Waals surface area contributed by atoms with E-state index < -0.39 is 0 Å². The standard InChI is InChI=1S/C14H19BO2S/c1-13(2)14(3,4)17-15(16-13)10-6-5-8-12-9-7-11-18-12/h7,9,11H,6,10H2,1-4H3. The van der Waals surface area contributed by atoms with E-state index in [9.17, 15) is 0 Å². The molecule has 2 nitrogen and oxygen atoms in total. The Balaban J connectivity index is 1.83. The summed E-state index contributed by atoms with van der Waals surface area (Å²) >= 11 is 1.67. The molecule has 1 aromatic rings. The van der Waals surface area contributed by atoms with Crippen LogP contribution in [0.15, 0.2) is 17.5 Å². The largest absolute Gasteiger partial charge is 0.458 e. The van der Waals surface area contributed by atoms with Crippen LogP contribution in [0, 0.1) is 11.8 Å². The first-order valence-electron chi connectivity index (χ1n) is 6.29. The van der Waals surface area contributed by atoms with Crippen LogP contribution in [0.1, 0.15) is 39.0 Å². The Morgan fingerprint density at radius 1 is 1.22 bits per heavy atom. The summed E-state index contributed by atoms with van der Waals surface area (Å²) in [5.41, 5.74) is -0.475. The van der Waals surface area contributed by atoms with E-state index in [1.165, 1.54) is 0 Å². The van der Waals surface area contributed by atoms with Gasteiger partial charge in [-0.3, -0.25) is 0 Å². The Morgan fingerprint density at radius 3 is 2.44 bits per heavy atom. The minimum atomic E-state index is -0.237. The van der Waals surface area contributed by atoms with Gasteiger partial charge in [-0.1, -0.05) is 17.9 Å². The van der Waals surface area contributed by atoms with Gasteiger partial charge >= 0.3 is 7.12 Å². The number of rotatable bonds is 2. The fraction of sp³-hybridized carbons (Fsp3) is 0.571. The van der Waals surface area contributed by atoms with Crippen molar-refractivity contribution in [1.82, 2.24) is 0 Å². The van der Waals surface area contributed by atoms with E-state index in [0.717, 1.165) is 17.6 Å². The zero-order chi connectivity index (χ0) is 13.2. The molecule has 2 rings (SSSR count). The summed E-state index contributed by atoms with van der Waals surface area (Å²) in [5.74, 6) is 6.32. The van der Waals surface area contributed by atoms with Crippen LogP contribution >= 0.6 is 11.3 Å². The smallest absolute Gasteiger partial charge is 0.403 e. The fourth-order valence-corrected chi connectivity index (χ4v) is 2.36. The van der Waals surface area contributed by atoms with E-state index >= 15 is 0 Å². The van der Waals surface area contributed by atoms with Gasteiger partial charge in [-0.05, 0) is 45.5 Å². The molecule has 0 radical (unpaired) electrons. The summed E-state index contributed by atoms with van der Waals surface area (Å²) in [4.78, 5) is 1.11. The highest BCUT2D eigenvalue weighted by molar-refractivity contribution is 7.10. The topological polar surface area (TPSA) is 18.5 Å². The van der Waals surface area contributed by atoms with Crippen molar-refractivity contribution in [2.75, 3.05) is 0 Å². The molecule has 1 saturated heterocycles. The SMILES string of the molecule is CC1(C)OB(CCC#Cc2cccs2)OC1(C)C. The second-order valence-corrected chi connectivity index (χ2v) is 6.45. The summed E-state index contributed by atoms with van der Waals surface area (Å²) in [5, 5.41) is 2.04. The Bertz CT molecular complexity index is 438. The van der Waals surface area contributed by atoms with Crippen LogP contribution < -0.4 is 0 Å². The highest BCUT2D eigenvalue weighted by Gasteiger charge is 2.50. The molecule has 0 amide bonds. The quantitative estimate of drug-likeness (QED) is 0.599. The molecule has 1 fully saturated rings. The van der Waals surface area contributed by atoms with E-state index in [2.05, 4.69) is 39.5 Å². The van der Waals surface area contributed by atoms with Crippen molar-refractivity contribution in [2.24, 2.45) is 0 Å². The fourth-order valence-electron chi connectivity index (χ4n) is 1.77. The molecule has 0 atom stereocenters. The molecular weight excluding hydrogens is 243 g/mol.